The predicted molar refractivity (Wildman–Crippen MR) is 85.3 cm³/mol. The zero-order chi connectivity index (χ0) is 14.6. The van der Waals surface area contributed by atoms with Gasteiger partial charge in [-0.05, 0) is 43.0 Å². The molecule has 4 nitrogen and oxygen atoms in total. The number of nitrogen functional groups attached to an aromatic ring is 1. The molecular weight excluding hydrogens is 292 g/mol. The van der Waals surface area contributed by atoms with Gasteiger partial charge in [0.25, 0.3) is 0 Å². The van der Waals surface area contributed by atoms with Gasteiger partial charge in [-0.2, -0.15) is 0 Å². The molecule has 1 heterocycles. The van der Waals surface area contributed by atoms with E-state index in [1.165, 1.54) is 0 Å². The van der Waals surface area contributed by atoms with Crippen molar-refractivity contribution in [3.63, 3.8) is 0 Å². The van der Waals surface area contributed by atoms with E-state index in [0.717, 1.165) is 23.4 Å². The Morgan fingerprint density at radius 2 is 2.05 bits per heavy atom. The normalized spacial score (nSPS) is 20.9. The van der Waals surface area contributed by atoms with E-state index in [9.17, 15) is 8.42 Å². The molecule has 0 bridgehead atoms. The van der Waals surface area contributed by atoms with Gasteiger partial charge in [0.2, 0.25) is 10.0 Å². The van der Waals surface area contributed by atoms with Gasteiger partial charge in [0.1, 0.15) is 0 Å². The summed E-state index contributed by atoms with van der Waals surface area (Å²) in [5.74, 6) is 1.26. The SMILES string of the molecule is CC1CCCN(S(=O)(=O)CCSc2ccc(N)cc2)C1. The molecule has 20 heavy (non-hydrogen) atoms. The molecule has 0 radical (unpaired) electrons. The number of nitrogens with zero attached hydrogens (tertiary/aromatic N) is 1. The fourth-order valence-electron chi connectivity index (χ4n) is 2.36. The van der Waals surface area contributed by atoms with E-state index in [4.69, 9.17) is 5.73 Å². The second kappa shape index (κ2) is 6.83. The third-order valence-electron chi connectivity index (χ3n) is 3.50. The molecule has 1 aromatic carbocycles. The van der Waals surface area contributed by atoms with E-state index < -0.39 is 10.0 Å². The molecule has 0 saturated carbocycles. The molecule has 1 unspecified atom stereocenters. The summed E-state index contributed by atoms with van der Waals surface area (Å²) in [6.45, 7) is 3.47. The van der Waals surface area contributed by atoms with Crippen LogP contribution in [0.4, 0.5) is 5.69 Å². The minimum atomic E-state index is -3.11. The van der Waals surface area contributed by atoms with Crippen molar-refractivity contribution in [2.45, 2.75) is 24.7 Å². The number of hydrogen-bond donors (Lipinski definition) is 1. The fourth-order valence-corrected chi connectivity index (χ4v) is 5.24. The molecule has 1 aliphatic heterocycles. The van der Waals surface area contributed by atoms with Crippen molar-refractivity contribution in [2.75, 3.05) is 30.3 Å². The molecule has 1 saturated heterocycles. The van der Waals surface area contributed by atoms with Crippen LogP contribution in [0.3, 0.4) is 0 Å². The Kier molecular flexibility index (Phi) is 5.35. The number of rotatable bonds is 5. The highest BCUT2D eigenvalue weighted by Gasteiger charge is 2.26. The zero-order valence-corrected chi connectivity index (χ0v) is 13.4. The van der Waals surface area contributed by atoms with Gasteiger partial charge < -0.3 is 5.73 Å². The first-order chi connectivity index (χ1) is 9.47. The minimum Gasteiger partial charge on any atom is -0.399 e. The molecule has 2 N–H and O–H groups in total. The van der Waals surface area contributed by atoms with Crippen LogP contribution in [0.2, 0.25) is 0 Å². The molecule has 0 amide bonds. The summed E-state index contributed by atoms with van der Waals surface area (Å²) in [5.41, 5.74) is 6.35. The lowest BCUT2D eigenvalue weighted by molar-refractivity contribution is 0.281. The van der Waals surface area contributed by atoms with Crippen LogP contribution < -0.4 is 5.73 Å². The summed E-state index contributed by atoms with van der Waals surface area (Å²) < 4.78 is 26.2. The van der Waals surface area contributed by atoms with Crippen LogP contribution in [0, 0.1) is 5.92 Å². The lowest BCUT2D eigenvalue weighted by Gasteiger charge is -2.29. The predicted octanol–water partition coefficient (Wildman–Crippen LogP) is 2.42. The summed E-state index contributed by atoms with van der Waals surface area (Å²) in [6, 6.07) is 7.53. The molecule has 1 aromatic rings. The van der Waals surface area contributed by atoms with Crippen molar-refractivity contribution in [3.05, 3.63) is 24.3 Å². The van der Waals surface area contributed by atoms with Crippen LogP contribution in [0.5, 0.6) is 0 Å². The highest BCUT2D eigenvalue weighted by Crippen LogP contribution is 2.22. The van der Waals surface area contributed by atoms with Gasteiger partial charge in [0.15, 0.2) is 0 Å². The lowest BCUT2D eigenvalue weighted by atomic mass is 10.0. The quantitative estimate of drug-likeness (QED) is 0.670. The Morgan fingerprint density at radius 1 is 1.35 bits per heavy atom. The largest absolute Gasteiger partial charge is 0.399 e. The van der Waals surface area contributed by atoms with Crippen LogP contribution in [-0.2, 0) is 10.0 Å². The maximum absolute atomic E-state index is 12.3. The van der Waals surface area contributed by atoms with Crippen LogP contribution in [0.25, 0.3) is 0 Å². The number of thioether (sulfide) groups is 1. The van der Waals surface area contributed by atoms with Gasteiger partial charge in [-0.3, -0.25) is 0 Å². The van der Waals surface area contributed by atoms with Crippen LogP contribution in [-0.4, -0.2) is 37.3 Å². The zero-order valence-electron chi connectivity index (χ0n) is 11.8. The van der Waals surface area contributed by atoms with Gasteiger partial charge in [0, 0.05) is 29.4 Å². The molecule has 0 aromatic heterocycles. The number of nitrogens with two attached hydrogens (primary N) is 1. The summed E-state index contributed by atoms with van der Waals surface area (Å²) in [5, 5.41) is 0. The first-order valence-electron chi connectivity index (χ1n) is 6.93. The molecule has 1 fully saturated rings. The molecule has 0 spiro atoms. The van der Waals surface area contributed by atoms with Crippen molar-refractivity contribution < 1.29 is 8.42 Å². The average molecular weight is 314 g/mol. The molecular formula is C14H22N2O2S2. The molecule has 1 atom stereocenters. The molecule has 1 aliphatic rings. The summed E-state index contributed by atoms with van der Waals surface area (Å²) in [4.78, 5) is 1.06. The first kappa shape index (κ1) is 15.7. The summed E-state index contributed by atoms with van der Waals surface area (Å²) in [6.07, 6.45) is 2.11. The Morgan fingerprint density at radius 3 is 2.70 bits per heavy atom. The highest BCUT2D eigenvalue weighted by molar-refractivity contribution is 8.00. The Labute approximate surface area is 125 Å². The van der Waals surface area contributed by atoms with Crippen molar-refractivity contribution in [1.82, 2.24) is 4.31 Å². The van der Waals surface area contributed by atoms with Crippen LogP contribution in [0.1, 0.15) is 19.8 Å². The van der Waals surface area contributed by atoms with Crippen LogP contribution in [0.15, 0.2) is 29.2 Å². The van der Waals surface area contributed by atoms with Gasteiger partial charge in [0.05, 0.1) is 5.75 Å². The van der Waals surface area contributed by atoms with E-state index >= 15 is 0 Å². The van der Waals surface area contributed by atoms with E-state index in [2.05, 4.69) is 6.92 Å². The number of sulfonamides is 1. The smallest absolute Gasteiger partial charge is 0.214 e. The number of anilines is 1. The van der Waals surface area contributed by atoms with Crippen molar-refractivity contribution in [1.29, 1.82) is 0 Å². The Hall–Kier alpha value is -0.720. The van der Waals surface area contributed by atoms with Gasteiger partial charge in [-0.15, -0.1) is 11.8 Å². The highest BCUT2D eigenvalue weighted by atomic mass is 32.2. The minimum absolute atomic E-state index is 0.203. The van der Waals surface area contributed by atoms with E-state index in [-0.39, 0.29) is 5.75 Å². The number of hydrogen-bond acceptors (Lipinski definition) is 4. The lowest BCUT2D eigenvalue weighted by Crippen LogP contribution is -2.40. The van der Waals surface area contributed by atoms with Crippen LogP contribution >= 0.6 is 11.8 Å². The monoisotopic (exact) mass is 314 g/mol. The van der Waals surface area contributed by atoms with Gasteiger partial charge >= 0.3 is 0 Å². The number of piperidine rings is 1. The topological polar surface area (TPSA) is 63.4 Å². The maximum Gasteiger partial charge on any atom is 0.214 e. The molecule has 0 aliphatic carbocycles. The van der Waals surface area contributed by atoms with Crippen molar-refractivity contribution in [2.24, 2.45) is 5.92 Å². The second-order valence-electron chi connectivity index (χ2n) is 5.34. The number of benzene rings is 1. The third-order valence-corrected chi connectivity index (χ3v) is 6.61. The second-order valence-corrected chi connectivity index (χ2v) is 8.60. The maximum atomic E-state index is 12.3. The van der Waals surface area contributed by atoms with E-state index in [0.29, 0.717) is 24.8 Å². The fraction of sp³-hybridized carbons (Fsp3) is 0.571. The van der Waals surface area contributed by atoms with Gasteiger partial charge in [-0.1, -0.05) is 6.92 Å². The van der Waals surface area contributed by atoms with Crippen molar-refractivity contribution >= 4 is 27.5 Å². The molecule has 6 heteroatoms. The third kappa shape index (κ3) is 4.40. The van der Waals surface area contributed by atoms with E-state index in [1.54, 1.807) is 16.1 Å². The van der Waals surface area contributed by atoms with E-state index in [1.807, 2.05) is 24.3 Å². The van der Waals surface area contributed by atoms with Gasteiger partial charge in [-0.25, -0.2) is 12.7 Å². The first-order valence-corrected chi connectivity index (χ1v) is 9.53. The van der Waals surface area contributed by atoms with Crippen molar-refractivity contribution in [3.8, 4) is 0 Å². The Bertz CT molecular complexity index is 529. The summed E-state index contributed by atoms with van der Waals surface area (Å²) in [7, 11) is -3.11. The average Bonchev–Trinajstić information content (AvgIpc) is 2.41. The molecule has 2 rings (SSSR count). The molecule has 112 valence electrons. The standard InChI is InChI=1S/C14H22N2O2S2/c1-12-3-2-8-16(11-12)20(17,18)10-9-19-14-6-4-13(15)5-7-14/h4-7,12H,2-3,8-11,15H2,1H3. The summed E-state index contributed by atoms with van der Waals surface area (Å²) >= 11 is 1.56. The Balaban J connectivity index is 1.84.